The summed E-state index contributed by atoms with van der Waals surface area (Å²) in [5.41, 5.74) is 5.70. The second kappa shape index (κ2) is 6.97. The molecule has 0 saturated carbocycles. The van der Waals surface area contributed by atoms with E-state index in [1.165, 1.54) is 12.3 Å². The lowest BCUT2D eigenvalue weighted by atomic mass is 10.1. The summed E-state index contributed by atoms with van der Waals surface area (Å²) >= 11 is 0. The fraction of sp³-hybridized carbons (Fsp3) is 0.538. The van der Waals surface area contributed by atoms with Gasteiger partial charge in [-0.05, 0) is 37.1 Å². The van der Waals surface area contributed by atoms with Gasteiger partial charge in [0.2, 0.25) is 0 Å². The van der Waals surface area contributed by atoms with Gasteiger partial charge in [0.05, 0.1) is 13.2 Å². The highest BCUT2D eigenvalue weighted by molar-refractivity contribution is 8.05. The number of primary amides is 1. The Bertz CT molecular complexity index is 597. The second-order valence-electron chi connectivity index (χ2n) is 4.88. The van der Waals surface area contributed by atoms with Gasteiger partial charge < -0.3 is 10.5 Å². The molecule has 0 atom stereocenters. The highest BCUT2D eigenvalue weighted by Crippen LogP contribution is 2.12. The Morgan fingerprint density at radius 2 is 2.10 bits per heavy atom. The number of carbonyl (C=O) groups is 1. The van der Waals surface area contributed by atoms with Gasteiger partial charge in [0, 0.05) is 19.3 Å². The van der Waals surface area contributed by atoms with Crippen LogP contribution >= 0.6 is 0 Å². The first-order chi connectivity index (χ1) is 10.00. The molecule has 0 unspecified atom stereocenters. The van der Waals surface area contributed by atoms with E-state index in [1.54, 1.807) is 6.07 Å². The number of sulfone groups is 1. The van der Waals surface area contributed by atoms with Crippen molar-refractivity contribution in [3.63, 3.8) is 0 Å². The number of carbonyl (C=O) groups excluding carboxylic acids is 1. The number of pyridine rings is 1. The predicted molar refractivity (Wildman–Crippen MR) is 76.6 cm³/mol. The van der Waals surface area contributed by atoms with Crippen LogP contribution < -0.4 is 5.73 Å². The molecule has 1 fully saturated rings. The number of morpholine rings is 1. The van der Waals surface area contributed by atoms with Crippen LogP contribution in [0.3, 0.4) is 0 Å². The average molecular weight is 313 g/mol. The molecule has 1 aliphatic rings. The van der Waals surface area contributed by atoms with Crippen molar-refractivity contribution in [3.8, 4) is 0 Å². The minimum Gasteiger partial charge on any atom is -0.379 e. The molecule has 116 valence electrons. The van der Waals surface area contributed by atoms with E-state index >= 15 is 0 Å². The van der Waals surface area contributed by atoms with E-state index in [4.69, 9.17) is 10.5 Å². The molecule has 1 aromatic heterocycles. The number of hydrogen-bond donors (Lipinski definition) is 1. The molecule has 8 heteroatoms. The van der Waals surface area contributed by atoms with Crippen LogP contribution in [0.25, 0.3) is 0 Å². The van der Waals surface area contributed by atoms with Crippen LogP contribution in [0.2, 0.25) is 0 Å². The van der Waals surface area contributed by atoms with Gasteiger partial charge in [0.1, 0.15) is 0 Å². The van der Waals surface area contributed by atoms with Gasteiger partial charge in [0.15, 0.2) is 5.03 Å². The Labute approximate surface area is 124 Å². The van der Waals surface area contributed by atoms with Crippen LogP contribution in [-0.4, -0.2) is 56.4 Å². The van der Waals surface area contributed by atoms with Crippen LogP contribution in [0.1, 0.15) is 12.0 Å². The summed E-state index contributed by atoms with van der Waals surface area (Å²) in [7, 11) is -4.14. The predicted octanol–water partition coefficient (Wildman–Crippen LogP) is 0.199. The lowest BCUT2D eigenvalue weighted by Gasteiger charge is -2.26. The third-order valence-electron chi connectivity index (χ3n) is 3.38. The van der Waals surface area contributed by atoms with Crippen molar-refractivity contribution in [2.75, 3.05) is 32.8 Å². The van der Waals surface area contributed by atoms with E-state index in [9.17, 15) is 13.2 Å². The lowest BCUT2D eigenvalue weighted by molar-refractivity contribution is 0.0374. The van der Waals surface area contributed by atoms with E-state index < -0.39 is 15.1 Å². The van der Waals surface area contributed by atoms with Gasteiger partial charge >= 0.3 is 5.24 Å². The van der Waals surface area contributed by atoms with Gasteiger partial charge in [0.25, 0.3) is 9.84 Å². The minimum atomic E-state index is -4.14. The minimum absolute atomic E-state index is 0.279. The highest BCUT2D eigenvalue weighted by Gasteiger charge is 2.23. The molecule has 21 heavy (non-hydrogen) atoms. The molecule has 0 spiro atoms. The molecule has 1 saturated heterocycles. The monoisotopic (exact) mass is 313 g/mol. The van der Waals surface area contributed by atoms with Crippen molar-refractivity contribution < 1.29 is 17.9 Å². The SMILES string of the molecule is NC(=O)S(=O)(=O)c1cc(CCCN2CCOCC2)ccn1. The molecule has 1 amide bonds. The summed E-state index contributed by atoms with van der Waals surface area (Å²) < 4.78 is 28.6. The van der Waals surface area contributed by atoms with E-state index in [0.29, 0.717) is 0 Å². The third-order valence-corrected chi connectivity index (χ3v) is 4.69. The van der Waals surface area contributed by atoms with Crippen LogP contribution in [-0.2, 0) is 21.0 Å². The molecular formula is C13H19N3O4S. The molecular weight excluding hydrogens is 294 g/mol. The fourth-order valence-electron chi connectivity index (χ4n) is 2.19. The maximum absolute atomic E-state index is 11.6. The standard InChI is InChI=1S/C13H19N3O4S/c14-13(17)21(18,19)12-10-11(3-4-15-12)2-1-5-16-6-8-20-9-7-16/h3-4,10H,1-2,5-9H2,(H2,14,17). The number of aryl methyl sites for hydroxylation is 1. The Morgan fingerprint density at radius 1 is 1.38 bits per heavy atom. The van der Waals surface area contributed by atoms with Crippen molar-refractivity contribution >= 4 is 15.1 Å². The molecule has 0 radical (unpaired) electrons. The van der Waals surface area contributed by atoms with Gasteiger partial charge in [-0.1, -0.05) is 0 Å². The molecule has 0 aromatic carbocycles. The maximum atomic E-state index is 11.6. The summed E-state index contributed by atoms with van der Waals surface area (Å²) in [5.74, 6) is 0. The van der Waals surface area contributed by atoms with Gasteiger partial charge in [-0.15, -0.1) is 0 Å². The smallest absolute Gasteiger partial charge is 0.340 e. The first kappa shape index (κ1) is 15.9. The van der Waals surface area contributed by atoms with Crippen molar-refractivity contribution in [2.24, 2.45) is 5.73 Å². The number of nitrogens with zero attached hydrogens (tertiary/aromatic N) is 2. The summed E-state index contributed by atoms with van der Waals surface area (Å²) in [4.78, 5) is 17.0. The zero-order chi connectivity index (χ0) is 15.3. The Morgan fingerprint density at radius 3 is 2.76 bits per heavy atom. The second-order valence-corrected chi connectivity index (χ2v) is 6.71. The molecule has 2 N–H and O–H groups in total. The summed E-state index contributed by atoms with van der Waals surface area (Å²) in [6.45, 7) is 4.31. The van der Waals surface area contributed by atoms with Crippen molar-refractivity contribution in [2.45, 2.75) is 17.9 Å². The fourth-order valence-corrected chi connectivity index (χ4v) is 2.90. The molecule has 2 rings (SSSR count). The zero-order valence-electron chi connectivity index (χ0n) is 11.7. The molecule has 1 aliphatic heterocycles. The van der Waals surface area contributed by atoms with Gasteiger partial charge in [-0.3, -0.25) is 9.69 Å². The van der Waals surface area contributed by atoms with Crippen LogP contribution in [0.5, 0.6) is 0 Å². The van der Waals surface area contributed by atoms with Gasteiger partial charge in [-0.25, -0.2) is 13.4 Å². The average Bonchev–Trinajstić information content (AvgIpc) is 2.48. The molecule has 1 aromatic rings. The summed E-state index contributed by atoms with van der Waals surface area (Å²) in [6.07, 6.45) is 3.02. The number of ether oxygens (including phenoxy) is 1. The third kappa shape index (κ3) is 4.23. The molecule has 2 heterocycles. The Kier molecular flexibility index (Phi) is 5.27. The molecule has 7 nitrogen and oxygen atoms in total. The summed E-state index contributed by atoms with van der Waals surface area (Å²) in [6, 6.07) is 3.17. The quantitative estimate of drug-likeness (QED) is 0.833. The Balaban J connectivity index is 1.93. The number of amides is 1. The molecule has 0 aliphatic carbocycles. The largest absolute Gasteiger partial charge is 0.379 e. The number of hydrogen-bond acceptors (Lipinski definition) is 6. The van der Waals surface area contributed by atoms with E-state index in [-0.39, 0.29) is 5.03 Å². The van der Waals surface area contributed by atoms with Crippen LogP contribution in [0.4, 0.5) is 4.79 Å². The first-order valence-corrected chi connectivity index (χ1v) is 8.28. The van der Waals surface area contributed by atoms with Gasteiger partial charge in [-0.2, -0.15) is 0 Å². The van der Waals surface area contributed by atoms with E-state index in [2.05, 4.69) is 9.88 Å². The van der Waals surface area contributed by atoms with E-state index in [1.807, 2.05) is 0 Å². The van der Waals surface area contributed by atoms with Crippen molar-refractivity contribution in [3.05, 3.63) is 23.9 Å². The topological polar surface area (TPSA) is 103 Å². The van der Waals surface area contributed by atoms with Crippen LogP contribution in [0.15, 0.2) is 23.4 Å². The Hall–Kier alpha value is -1.51. The normalized spacial score (nSPS) is 16.8. The van der Waals surface area contributed by atoms with E-state index in [0.717, 1.165) is 51.3 Å². The highest BCUT2D eigenvalue weighted by atomic mass is 32.2. The van der Waals surface area contributed by atoms with Crippen molar-refractivity contribution in [1.82, 2.24) is 9.88 Å². The number of nitrogens with two attached hydrogens (primary N) is 1. The lowest BCUT2D eigenvalue weighted by Crippen LogP contribution is -2.36. The van der Waals surface area contributed by atoms with Crippen LogP contribution in [0, 0.1) is 0 Å². The summed E-state index contributed by atoms with van der Waals surface area (Å²) in [5, 5.41) is -1.65. The zero-order valence-corrected chi connectivity index (χ0v) is 12.5. The molecule has 0 bridgehead atoms. The van der Waals surface area contributed by atoms with Crippen molar-refractivity contribution in [1.29, 1.82) is 0 Å². The number of rotatable bonds is 5. The maximum Gasteiger partial charge on any atom is 0.340 e. The first-order valence-electron chi connectivity index (χ1n) is 6.80. The number of aromatic nitrogens is 1.